The molecule has 0 radical (unpaired) electrons. The highest BCUT2D eigenvalue weighted by Gasteiger charge is 2.16. The molecule has 25 heavy (non-hydrogen) atoms. The van der Waals surface area contributed by atoms with Crippen molar-refractivity contribution < 1.29 is 4.74 Å². The Balaban J connectivity index is 2.05. The minimum Gasteiger partial charge on any atom is -0.496 e. The van der Waals surface area contributed by atoms with Crippen molar-refractivity contribution in [2.75, 3.05) is 12.5 Å². The van der Waals surface area contributed by atoms with Crippen LogP contribution >= 0.6 is 0 Å². The molecule has 0 aliphatic heterocycles. The number of anilines is 1. The summed E-state index contributed by atoms with van der Waals surface area (Å²) >= 11 is 0. The Morgan fingerprint density at radius 3 is 2.24 bits per heavy atom. The first-order valence-electron chi connectivity index (χ1n) is 8.96. The molecule has 4 nitrogen and oxygen atoms in total. The van der Waals surface area contributed by atoms with Crippen LogP contribution in [0.15, 0.2) is 48.5 Å². The smallest absolute Gasteiger partial charge is 0.123 e. The number of nitrogens with zero attached hydrogens (tertiary/aromatic N) is 1. The Morgan fingerprint density at radius 1 is 0.960 bits per heavy atom. The molecule has 0 amide bonds. The second-order valence-corrected chi connectivity index (χ2v) is 6.85. The Bertz CT molecular complexity index is 633. The molecule has 2 aromatic rings. The van der Waals surface area contributed by atoms with Crippen LogP contribution in [0.25, 0.3) is 0 Å². The molecule has 2 rings (SSSR count). The van der Waals surface area contributed by atoms with Crippen molar-refractivity contribution in [1.82, 2.24) is 10.3 Å². The van der Waals surface area contributed by atoms with E-state index in [-0.39, 0.29) is 0 Å². The van der Waals surface area contributed by atoms with Crippen LogP contribution in [0, 0.1) is 0 Å². The highest BCUT2D eigenvalue weighted by atomic mass is 16.5. The molecule has 0 saturated carbocycles. The van der Waals surface area contributed by atoms with Crippen LogP contribution in [0.3, 0.4) is 0 Å². The van der Waals surface area contributed by atoms with Crippen molar-refractivity contribution in [2.45, 2.75) is 52.9 Å². The van der Waals surface area contributed by atoms with E-state index >= 15 is 0 Å². The normalized spacial score (nSPS) is 11.4. The maximum absolute atomic E-state index is 5.57. The van der Waals surface area contributed by atoms with Gasteiger partial charge in [-0.05, 0) is 57.5 Å². The molecule has 136 valence electrons. The maximum Gasteiger partial charge on any atom is 0.123 e. The average Bonchev–Trinajstić information content (AvgIpc) is 2.60. The summed E-state index contributed by atoms with van der Waals surface area (Å²) in [7, 11) is 1.74. The fourth-order valence-corrected chi connectivity index (χ4v) is 2.99. The van der Waals surface area contributed by atoms with Crippen LogP contribution in [0.5, 0.6) is 5.75 Å². The van der Waals surface area contributed by atoms with E-state index in [9.17, 15) is 0 Å². The lowest BCUT2D eigenvalue weighted by Crippen LogP contribution is -2.36. The third-order valence-corrected chi connectivity index (χ3v) is 4.32. The van der Waals surface area contributed by atoms with Gasteiger partial charge >= 0.3 is 0 Å². The molecule has 0 aliphatic rings. The van der Waals surface area contributed by atoms with Gasteiger partial charge in [-0.1, -0.05) is 24.3 Å². The van der Waals surface area contributed by atoms with Gasteiger partial charge in [-0.2, -0.15) is 0 Å². The molecule has 0 atom stereocenters. The van der Waals surface area contributed by atoms with Crippen molar-refractivity contribution >= 4 is 5.69 Å². The molecule has 0 aromatic heterocycles. The van der Waals surface area contributed by atoms with Gasteiger partial charge in [-0.15, -0.1) is 0 Å². The first kappa shape index (κ1) is 19.3. The molecule has 0 aliphatic carbocycles. The van der Waals surface area contributed by atoms with Crippen LogP contribution in [0.1, 0.15) is 38.8 Å². The van der Waals surface area contributed by atoms with Crippen LogP contribution in [-0.2, 0) is 13.1 Å². The van der Waals surface area contributed by atoms with Gasteiger partial charge in [-0.3, -0.25) is 4.90 Å². The zero-order valence-corrected chi connectivity index (χ0v) is 16.0. The number of nitrogens with one attached hydrogen (secondary N) is 2. The number of para-hydroxylation sites is 1. The Labute approximate surface area is 152 Å². The van der Waals surface area contributed by atoms with Crippen molar-refractivity contribution in [2.24, 2.45) is 0 Å². The first-order valence-corrected chi connectivity index (χ1v) is 8.96. The van der Waals surface area contributed by atoms with Crippen molar-refractivity contribution in [3.63, 3.8) is 0 Å². The van der Waals surface area contributed by atoms with Gasteiger partial charge in [0, 0.05) is 36.4 Å². The summed E-state index contributed by atoms with van der Waals surface area (Å²) in [4.78, 5) is 2.47. The monoisotopic (exact) mass is 341 g/mol. The molecular weight excluding hydrogens is 310 g/mol. The molecule has 0 unspecified atom stereocenters. The second-order valence-electron chi connectivity index (χ2n) is 6.85. The van der Waals surface area contributed by atoms with Crippen molar-refractivity contribution in [3.8, 4) is 5.75 Å². The minimum absolute atomic E-state index is 0.492. The van der Waals surface area contributed by atoms with Crippen molar-refractivity contribution in [1.29, 1.82) is 0 Å². The molecule has 0 spiro atoms. The molecule has 0 bridgehead atoms. The van der Waals surface area contributed by atoms with E-state index in [1.54, 1.807) is 7.11 Å². The zero-order chi connectivity index (χ0) is 18.2. The standard InChI is InChI=1S/C21H31N3O/c1-16(2)24(17(3)4)15-19-13-18(11-12-21(19)25-5)14-22-23-20-9-7-6-8-10-20/h6-13,16-17,22-23H,14-15H2,1-5H3. The summed E-state index contributed by atoms with van der Waals surface area (Å²) in [6.45, 7) is 10.6. The van der Waals surface area contributed by atoms with Crippen molar-refractivity contribution in [3.05, 3.63) is 59.7 Å². The third kappa shape index (κ3) is 5.76. The fourth-order valence-electron chi connectivity index (χ4n) is 2.99. The molecule has 0 fully saturated rings. The number of hydrazine groups is 1. The van der Waals surface area contributed by atoms with Gasteiger partial charge in [0.2, 0.25) is 0 Å². The maximum atomic E-state index is 5.57. The predicted octanol–water partition coefficient (Wildman–Crippen LogP) is 4.43. The number of methoxy groups -OCH3 is 1. The molecular formula is C21H31N3O. The first-order chi connectivity index (χ1) is 12.0. The van der Waals surface area contributed by atoms with Gasteiger partial charge in [0.15, 0.2) is 0 Å². The zero-order valence-electron chi connectivity index (χ0n) is 16.0. The summed E-state index contributed by atoms with van der Waals surface area (Å²) in [6, 6.07) is 17.5. The predicted molar refractivity (Wildman–Crippen MR) is 106 cm³/mol. The molecule has 0 heterocycles. The Hall–Kier alpha value is -2.04. The largest absolute Gasteiger partial charge is 0.496 e. The highest BCUT2D eigenvalue weighted by Crippen LogP contribution is 2.23. The topological polar surface area (TPSA) is 36.5 Å². The van der Waals surface area contributed by atoms with Crippen LogP contribution in [-0.4, -0.2) is 24.1 Å². The van der Waals surface area contributed by atoms with E-state index in [2.05, 4.69) is 61.6 Å². The molecule has 2 N–H and O–H groups in total. The third-order valence-electron chi connectivity index (χ3n) is 4.32. The number of hydrogen-bond donors (Lipinski definition) is 2. The van der Waals surface area contributed by atoms with Gasteiger partial charge in [0.25, 0.3) is 0 Å². The van der Waals surface area contributed by atoms with Gasteiger partial charge < -0.3 is 10.2 Å². The summed E-state index contributed by atoms with van der Waals surface area (Å²) in [6.07, 6.45) is 0. The highest BCUT2D eigenvalue weighted by molar-refractivity contribution is 5.42. The summed E-state index contributed by atoms with van der Waals surface area (Å²) in [5, 5.41) is 0. The van der Waals surface area contributed by atoms with Gasteiger partial charge in [-0.25, -0.2) is 5.43 Å². The summed E-state index contributed by atoms with van der Waals surface area (Å²) < 4.78 is 5.57. The summed E-state index contributed by atoms with van der Waals surface area (Å²) in [5.41, 5.74) is 10.0. The van der Waals surface area contributed by atoms with Gasteiger partial charge in [0.1, 0.15) is 5.75 Å². The van der Waals surface area contributed by atoms with E-state index in [4.69, 9.17) is 4.74 Å². The molecule has 4 heteroatoms. The second kappa shape index (κ2) is 9.44. The number of benzene rings is 2. The van der Waals surface area contributed by atoms with E-state index < -0.39 is 0 Å². The lowest BCUT2D eigenvalue weighted by atomic mass is 10.1. The van der Waals surface area contributed by atoms with E-state index in [1.165, 1.54) is 11.1 Å². The van der Waals surface area contributed by atoms with E-state index in [0.29, 0.717) is 12.1 Å². The Kier molecular flexibility index (Phi) is 7.29. The van der Waals surface area contributed by atoms with Crippen LogP contribution in [0.2, 0.25) is 0 Å². The quantitative estimate of drug-likeness (QED) is 0.662. The average molecular weight is 341 g/mol. The Morgan fingerprint density at radius 2 is 1.64 bits per heavy atom. The lowest BCUT2D eigenvalue weighted by Gasteiger charge is -2.31. The minimum atomic E-state index is 0.492. The van der Waals surface area contributed by atoms with E-state index in [1.807, 2.05) is 30.3 Å². The fraction of sp³-hybridized carbons (Fsp3) is 0.429. The molecule has 2 aromatic carbocycles. The van der Waals surface area contributed by atoms with Gasteiger partial charge in [0.05, 0.1) is 7.11 Å². The van der Waals surface area contributed by atoms with Crippen LogP contribution < -0.4 is 15.6 Å². The van der Waals surface area contributed by atoms with E-state index in [0.717, 1.165) is 24.5 Å². The van der Waals surface area contributed by atoms with Crippen LogP contribution in [0.4, 0.5) is 5.69 Å². The molecule has 0 saturated heterocycles. The number of hydrogen-bond acceptors (Lipinski definition) is 4. The SMILES string of the molecule is COc1ccc(CNNc2ccccc2)cc1CN(C(C)C)C(C)C. The lowest BCUT2D eigenvalue weighted by molar-refractivity contribution is 0.164. The number of rotatable bonds is 9. The number of ether oxygens (including phenoxy) is 1. The summed E-state index contributed by atoms with van der Waals surface area (Å²) in [5.74, 6) is 0.950.